The van der Waals surface area contributed by atoms with E-state index in [0.29, 0.717) is 29.5 Å². The third kappa shape index (κ3) is 2.88. The first kappa shape index (κ1) is 19.0. The van der Waals surface area contributed by atoms with Crippen LogP contribution in [0.25, 0.3) is 22.4 Å². The van der Waals surface area contributed by atoms with E-state index in [1.54, 1.807) is 7.05 Å². The van der Waals surface area contributed by atoms with E-state index >= 15 is 0 Å². The molecule has 0 spiro atoms. The summed E-state index contributed by atoms with van der Waals surface area (Å²) in [5.41, 5.74) is 2.00. The molecule has 3 atom stereocenters. The van der Waals surface area contributed by atoms with E-state index in [1.165, 1.54) is 22.9 Å². The molecule has 4 aromatic rings. The van der Waals surface area contributed by atoms with Crippen molar-refractivity contribution in [2.45, 2.75) is 6.04 Å². The summed E-state index contributed by atoms with van der Waals surface area (Å²) in [6, 6.07) is 11.6. The number of benzene rings is 1. The number of oxazole rings is 1. The standard InChI is InChI=1S/C23H21FN6O2/c1-28-20(31)9-18(13-7-8-25-10-16(13)24)26-22(28)29(2)21-14-11-30(12-15(14)21)23-27-17-5-3-4-6-19(17)32-23/h3-10,14-15,21H,11-12H2,1-2H3/t14-,15+,21-. The zero-order chi connectivity index (χ0) is 22.0. The van der Waals surface area contributed by atoms with Gasteiger partial charge in [0, 0.05) is 62.9 Å². The number of fused-ring (bicyclic) bond motifs is 2. The molecule has 8 nitrogen and oxygen atoms in total. The van der Waals surface area contributed by atoms with Crippen molar-refractivity contribution in [3.63, 3.8) is 0 Å². The Hall–Kier alpha value is -3.75. The van der Waals surface area contributed by atoms with Gasteiger partial charge in [-0.25, -0.2) is 9.37 Å². The predicted octanol–water partition coefficient (Wildman–Crippen LogP) is 2.69. The van der Waals surface area contributed by atoms with Crippen LogP contribution in [0, 0.1) is 17.7 Å². The van der Waals surface area contributed by atoms with Crippen LogP contribution in [0.4, 0.5) is 16.4 Å². The van der Waals surface area contributed by atoms with Gasteiger partial charge in [-0.1, -0.05) is 12.1 Å². The first-order chi connectivity index (χ1) is 15.5. The fourth-order valence-electron chi connectivity index (χ4n) is 4.92. The molecule has 1 saturated heterocycles. The van der Waals surface area contributed by atoms with Crippen molar-refractivity contribution in [3.05, 3.63) is 65.0 Å². The predicted molar refractivity (Wildman–Crippen MR) is 118 cm³/mol. The minimum atomic E-state index is -0.501. The Kier molecular flexibility index (Phi) is 4.08. The Labute approximate surface area is 182 Å². The highest BCUT2D eigenvalue weighted by molar-refractivity contribution is 5.74. The molecule has 9 heteroatoms. The Balaban J connectivity index is 1.24. The summed E-state index contributed by atoms with van der Waals surface area (Å²) in [4.78, 5) is 29.8. The molecule has 2 aliphatic rings. The Morgan fingerprint density at radius 3 is 2.69 bits per heavy atom. The molecule has 4 heterocycles. The highest BCUT2D eigenvalue weighted by atomic mass is 19.1. The highest BCUT2D eigenvalue weighted by Gasteiger charge is 2.59. The number of hydrogen-bond donors (Lipinski definition) is 0. The lowest BCUT2D eigenvalue weighted by Crippen LogP contribution is -2.36. The molecule has 1 saturated carbocycles. The van der Waals surface area contributed by atoms with E-state index in [4.69, 9.17) is 4.42 Å². The summed E-state index contributed by atoms with van der Waals surface area (Å²) in [7, 11) is 3.64. The van der Waals surface area contributed by atoms with E-state index in [2.05, 4.69) is 19.9 Å². The van der Waals surface area contributed by atoms with Crippen LogP contribution in [0.1, 0.15) is 0 Å². The molecule has 6 rings (SSSR count). The Morgan fingerprint density at radius 1 is 1.16 bits per heavy atom. The summed E-state index contributed by atoms with van der Waals surface area (Å²) in [5.74, 6) is 0.872. The van der Waals surface area contributed by atoms with Crippen LogP contribution in [-0.4, -0.2) is 45.7 Å². The number of halogens is 1. The molecule has 0 unspecified atom stereocenters. The van der Waals surface area contributed by atoms with Crippen LogP contribution in [-0.2, 0) is 7.05 Å². The minimum Gasteiger partial charge on any atom is -0.423 e. The molecule has 1 aliphatic carbocycles. The third-order valence-corrected chi connectivity index (χ3v) is 6.62. The van der Waals surface area contributed by atoms with Crippen molar-refractivity contribution < 1.29 is 8.81 Å². The van der Waals surface area contributed by atoms with Gasteiger partial charge in [0.2, 0.25) is 5.95 Å². The number of anilines is 2. The lowest BCUT2D eigenvalue weighted by Gasteiger charge is -2.25. The molecule has 1 aromatic carbocycles. The van der Waals surface area contributed by atoms with Gasteiger partial charge in [0.25, 0.3) is 11.6 Å². The zero-order valence-corrected chi connectivity index (χ0v) is 17.6. The van der Waals surface area contributed by atoms with Crippen LogP contribution in [0.2, 0.25) is 0 Å². The Morgan fingerprint density at radius 2 is 1.94 bits per heavy atom. The second-order valence-corrected chi connectivity index (χ2v) is 8.49. The third-order valence-electron chi connectivity index (χ3n) is 6.62. The fraction of sp³-hybridized carbons (Fsp3) is 0.304. The van der Waals surface area contributed by atoms with E-state index in [1.807, 2.05) is 36.2 Å². The van der Waals surface area contributed by atoms with Gasteiger partial charge in [-0.05, 0) is 18.2 Å². The lowest BCUT2D eigenvalue weighted by atomic mass is 10.2. The molecule has 0 radical (unpaired) electrons. The van der Waals surface area contributed by atoms with Gasteiger partial charge in [-0.3, -0.25) is 14.3 Å². The quantitative estimate of drug-likeness (QED) is 0.491. The van der Waals surface area contributed by atoms with Crippen LogP contribution in [0.5, 0.6) is 0 Å². The molecule has 0 bridgehead atoms. The van der Waals surface area contributed by atoms with Crippen LogP contribution in [0.3, 0.4) is 0 Å². The Bertz CT molecular complexity index is 1350. The van der Waals surface area contributed by atoms with Gasteiger partial charge in [-0.15, -0.1) is 0 Å². The van der Waals surface area contributed by atoms with E-state index in [0.717, 1.165) is 30.4 Å². The van der Waals surface area contributed by atoms with E-state index < -0.39 is 5.82 Å². The second-order valence-electron chi connectivity index (χ2n) is 8.49. The van der Waals surface area contributed by atoms with Crippen molar-refractivity contribution in [2.24, 2.45) is 18.9 Å². The molecule has 162 valence electrons. The number of aromatic nitrogens is 4. The van der Waals surface area contributed by atoms with Crippen molar-refractivity contribution in [1.82, 2.24) is 19.5 Å². The first-order valence-electron chi connectivity index (χ1n) is 10.5. The monoisotopic (exact) mass is 432 g/mol. The maximum absolute atomic E-state index is 14.2. The van der Waals surface area contributed by atoms with Crippen LogP contribution < -0.4 is 15.4 Å². The molecule has 0 amide bonds. The number of pyridine rings is 1. The number of para-hydroxylation sites is 2. The lowest BCUT2D eigenvalue weighted by molar-refractivity contribution is 0.562. The van der Waals surface area contributed by atoms with Crippen molar-refractivity contribution in [1.29, 1.82) is 0 Å². The largest absolute Gasteiger partial charge is 0.423 e. The molecule has 0 N–H and O–H groups in total. The van der Waals surface area contributed by atoms with E-state index in [9.17, 15) is 9.18 Å². The highest BCUT2D eigenvalue weighted by Crippen LogP contribution is 2.50. The first-order valence-corrected chi connectivity index (χ1v) is 10.5. The minimum absolute atomic E-state index is 0.230. The average Bonchev–Trinajstić information content (AvgIpc) is 3.13. The number of hydrogen-bond acceptors (Lipinski definition) is 7. The smallest absolute Gasteiger partial charge is 0.298 e. The molecular weight excluding hydrogens is 411 g/mol. The summed E-state index contributed by atoms with van der Waals surface area (Å²) >= 11 is 0. The van der Waals surface area contributed by atoms with E-state index in [-0.39, 0.29) is 17.2 Å². The van der Waals surface area contributed by atoms with Gasteiger partial charge >= 0.3 is 0 Å². The zero-order valence-electron chi connectivity index (χ0n) is 17.6. The maximum atomic E-state index is 14.2. The van der Waals surface area contributed by atoms with Crippen LogP contribution >= 0.6 is 0 Å². The summed E-state index contributed by atoms with van der Waals surface area (Å²) in [5, 5.41) is 0. The average molecular weight is 432 g/mol. The maximum Gasteiger partial charge on any atom is 0.298 e. The van der Waals surface area contributed by atoms with Gasteiger partial charge in [0.05, 0.1) is 11.9 Å². The van der Waals surface area contributed by atoms with Crippen LogP contribution in [0.15, 0.2) is 58.0 Å². The van der Waals surface area contributed by atoms with Gasteiger partial charge in [-0.2, -0.15) is 4.98 Å². The second kappa shape index (κ2) is 6.88. The molecule has 32 heavy (non-hydrogen) atoms. The van der Waals surface area contributed by atoms with Gasteiger partial charge in [0.1, 0.15) is 5.52 Å². The van der Waals surface area contributed by atoms with Crippen molar-refractivity contribution >= 4 is 23.1 Å². The van der Waals surface area contributed by atoms with Gasteiger partial charge < -0.3 is 14.2 Å². The normalized spacial score (nSPS) is 21.7. The summed E-state index contributed by atoms with van der Waals surface area (Å²) in [6.45, 7) is 1.66. The molecule has 2 fully saturated rings. The van der Waals surface area contributed by atoms with Crippen molar-refractivity contribution in [2.75, 3.05) is 29.9 Å². The molecule has 1 aliphatic heterocycles. The molecular formula is C23H21FN6O2. The fourth-order valence-corrected chi connectivity index (χ4v) is 4.92. The summed E-state index contributed by atoms with van der Waals surface area (Å²) in [6.07, 6.45) is 2.62. The SMILES string of the molecule is CN(c1nc(-c2ccncc2F)cc(=O)n1C)[C@@H]1[C@@H]2CN(c3nc4ccccc4o3)C[C@@H]21. The van der Waals surface area contributed by atoms with Crippen molar-refractivity contribution in [3.8, 4) is 11.3 Å². The number of rotatable bonds is 4. The summed E-state index contributed by atoms with van der Waals surface area (Å²) < 4.78 is 21.7. The number of piperidine rings is 1. The van der Waals surface area contributed by atoms with Gasteiger partial charge in [0.15, 0.2) is 11.4 Å². The number of nitrogens with zero attached hydrogens (tertiary/aromatic N) is 6. The molecule has 3 aromatic heterocycles. The topological polar surface area (TPSA) is 80.3 Å².